The van der Waals surface area contributed by atoms with Gasteiger partial charge < -0.3 is 14.7 Å². The Morgan fingerprint density at radius 3 is 2.71 bits per heavy atom. The van der Waals surface area contributed by atoms with Crippen LogP contribution >= 0.6 is 0 Å². The summed E-state index contributed by atoms with van der Waals surface area (Å²) in [6, 6.07) is 7.06. The van der Waals surface area contributed by atoms with E-state index in [0.29, 0.717) is 18.1 Å². The fourth-order valence-electron chi connectivity index (χ4n) is 2.43. The number of carboxylic acid groups (broad SMARTS) is 1. The van der Waals surface area contributed by atoms with Crippen molar-refractivity contribution >= 4 is 11.9 Å². The third-order valence-corrected chi connectivity index (χ3v) is 3.75. The van der Waals surface area contributed by atoms with Crippen LogP contribution < -0.4 is 4.74 Å². The molecular weight excluding hydrogens is 270 g/mol. The number of likely N-dealkylation sites (tertiary alicyclic amines) is 1. The molecule has 5 heteroatoms. The van der Waals surface area contributed by atoms with E-state index in [1.807, 2.05) is 11.0 Å². The van der Waals surface area contributed by atoms with E-state index in [4.69, 9.17) is 9.84 Å². The second-order valence-electron chi connectivity index (χ2n) is 5.57. The third kappa shape index (κ3) is 4.77. The number of piperidine rings is 1. The number of nitrogens with zero attached hydrogens (tertiary/aromatic N) is 1. The molecule has 0 aliphatic carbocycles. The number of amides is 1. The van der Waals surface area contributed by atoms with E-state index in [0.717, 1.165) is 31.5 Å². The second kappa shape index (κ2) is 7.11. The molecule has 1 aliphatic heterocycles. The first-order chi connectivity index (χ1) is 10.0. The quantitative estimate of drug-likeness (QED) is 0.900. The van der Waals surface area contributed by atoms with Gasteiger partial charge in [0, 0.05) is 13.1 Å². The fraction of sp³-hybridized carbons (Fsp3) is 0.500. The Morgan fingerprint density at radius 1 is 1.33 bits per heavy atom. The molecule has 1 aromatic rings. The molecule has 1 saturated heterocycles. The summed E-state index contributed by atoms with van der Waals surface area (Å²) in [6.07, 6.45) is 2.46. The zero-order valence-corrected chi connectivity index (χ0v) is 12.2. The van der Waals surface area contributed by atoms with Crippen LogP contribution in [0.4, 0.5) is 0 Å². The van der Waals surface area contributed by atoms with Crippen LogP contribution in [0.5, 0.6) is 5.75 Å². The summed E-state index contributed by atoms with van der Waals surface area (Å²) in [5.74, 6) is 0.285. The van der Waals surface area contributed by atoms with Gasteiger partial charge in [-0.15, -0.1) is 0 Å². The minimum Gasteiger partial charge on any atom is -0.482 e. The van der Waals surface area contributed by atoms with E-state index in [-0.39, 0.29) is 12.5 Å². The smallest absolute Gasteiger partial charge is 0.341 e. The average Bonchev–Trinajstić information content (AvgIpc) is 2.46. The van der Waals surface area contributed by atoms with E-state index < -0.39 is 5.97 Å². The molecule has 114 valence electrons. The molecule has 1 aromatic carbocycles. The highest BCUT2D eigenvalue weighted by Gasteiger charge is 2.20. The van der Waals surface area contributed by atoms with Gasteiger partial charge in [0.1, 0.15) is 5.75 Å². The first-order valence-corrected chi connectivity index (χ1v) is 7.26. The highest BCUT2D eigenvalue weighted by molar-refractivity contribution is 5.79. The lowest BCUT2D eigenvalue weighted by Gasteiger charge is -2.30. The summed E-state index contributed by atoms with van der Waals surface area (Å²) in [6.45, 7) is 3.50. The minimum atomic E-state index is -1.01. The SMILES string of the molecule is CC1CCN(C(=O)Cc2cccc(OCC(=O)O)c2)CC1. The van der Waals surface area contributed by atoms with Crippen LogP contribution in [0.2, 0.25) is 0 Å². The van der Waals surface area contributed by atoms with Crippen LogP contribution in [0.15, 0.2) is 24.3 Å². The first-order valence-electron chi connectivity index (χ1n) is 7.26. The van der Waals surface area contributed by atoms with Crippen molar-refractivity contribution in [3.63, 3.8) is 0 Å². The van der Waals surface area contributed by atoms with Gasteiger partial charge in [-0.1, -0.05) is 19.1 Å². The van der Waals surface area contributed by atoms with Crippen LogP contribution in [0, 0.1) is 5.92 Å². The standard InChI is InChI=1S/C16H21NO4/c1-12-5-7-17(8-6-12)15(18)10-13-3-2-4-14(9-13)21-11-16(19)20/h2-4,9,12H,5-8,10-11H2,1H3,(H,19,20). The van der Waals surface area contributed by atoms with E-state index in [9.17, 15) is 9.59 Å². The van der Waals surface area contributed by atoms with Crippen LogP contribution in [-0.2, 0) is 16.0 Å². The molecule has 1 fully saturated rings. The van der Waals surface area contributed by atoms with Crippen LogP contribution in [-0.4, -0.2) is 41.6 Å². The van der Waals surface area contributed by atoms with E-state index in [1.54, 1.807) is 18.2 Å². The van der Waals surface area contributed by atoms with Gasteiger partial charge in [0.25, 0.3) is 0 Å². The maximum absolute atomic E-state index is 12.2. The van der Waals surface area contributed by atoms with Crippen molar-refractivity contribution in [2.45, 2.75) is 26.2 Å². The Kier molecular flexibility index (Phi) is 5.20. The molecule has 0 aromatic heterocycles. The minimum absolute atomic E-state index is 0.122. The molecule has 1 aliphatic rings. The normalized spacial score (nSPS) is 15.8. The van der Waals surface area contributed by atoms with Crippen molar-refractivity contribution in [1.82, 2.24) is 4.90 Å². The maximum atomic E-state index is 12.2. The van der Waals surface area contributed by atoms with Crippen LogP contribution in [0.3, 0.4) is 0 Å². The fourth-order valence-corrected chi connectivity index (χ4v) is 2.43. The van der Waals surface area contributed by atoms with Gasteiger partial charge >= 0.3 is 5.97 Å². The Balaban J connectivity index is 1.91. The van der Waals surface area contributed by atoms with Crippen molar-refractivity contribution in [3.05, 3.63) is 29.8 Å². The molecule has 21 heavy (non-hydrogen) atoms. The number of aliphatic carboxylic acids is 1. The molecule has 5 nitrogen and oxygen atoms in total. The maximum Gasteiger partial charge on any atom is 0.341 e. The molecule has 0 spiro atoms. The molecule has 2 rings (SSSR count). The van der Waals surface area contributed by atoms with Gasteiger partial charge in [-0.25, -0.2) is 4.79 Å². The number of carboxylic acids is 1. The van der Waals surface area contributed by atoms with Crippen molar-refractivity contribution < 1.29 is 19.4 Å². The van der Waals surface area contributed by atoms with E-state index in [2.05, 4.69) is 6.92 Å². The first kappa shape index (κ1) is 15.4. The number of benzene rings is 1. The zero-order chi connectivity index (χ0) is 15.2. The molecule has 1 amide bonds. The number of carbonyl (C=O) groups excluding carboxylic acids is 1. The molecule has 1 N–H and O–H groups in total. The number of rotatable bonds is 5. The van der Waals surface area contributed by atoms with Gasteiger partial charge in [0.05, 0.1) is 6.42 Å². The molecule has 1 heterocycles. The summed E-state index contributed by atoms with van der Waals surface area (Å²) in [4.78, 5) is 24.6. The third-order valence-electron chi connectivity index (χ3n) is 3.75. The summed E-state index contributed by atoms with van der Waals surface area (Å²) in [5.41, 5.74) is 0.849. The van der Waals surface area contributed by atoms with Gasteiger partial charge in [-0.05, 0) is 36.5 Å². The summed E-state index contributed by atoms with van der Waals surface area (Å²) >= 11 is 0. The number of hydrogen-bond acceptors (Lipinski definition) is 3. The van der Waals surface area contributed by atoms with Crippen LogP contribution in [0.25, 0.3) is 0 Å². The highest BCUT2D eigenvalue weighted by atomic mass is 16.5. The lowest BCUT2D eigenvalue weighted by molar-refractivity contribution is -0.139. The number of ether oxygens (including phenoxy) is 1. The van der Waals surface area contributed by atoms with Gasteiger partial charge in [-0.3, -0.25) is 4.79 Å². The highest BCUT2D eigenvalue weighted by Crippen LogP contribution is 2.18. The molecule has 0 atom stereocenters. The lowest BCUT2D eigenvalue weighted by atomic mass is 9.98. The molecular formula is C16H21NO4. The van der Waals surface area contributed by atoms with Crippen molar-refractivity contribution in [1.29, 1.82) is 0 Å². The Hall–Kier alpha value is -2.04. The van der Waals surface area contributed by atoms with E-state index >= 15 is 0 Å². The Morgan fingerprint density at radius 2 is 2.05 bits per heavy atom. The van der Waals surface area contributed by atoms with Crippen molar-refractivity contribution in [3.8, 4) is 5.75 Å². The lowest BCUT2D eigenvalue weighted by Crippen LogP contribution is -2.38. The molecule has 0 unspecified atom stereocenters. The number of carbonyl (C=O) groups is 2. The number of hydrogen-bond donors (Lipinski definition) is 1. The van der Waals surface area contributed by atoms with Crippen molar-refractivity contribution in [2.24, 2.45) is 5.92 Å². The predicted molar refractivity (Wildman–Crippen MR) is 78.3 cm³/mol. The van der Waals surface area contributed by atoms with E-state index in [1.165, 1.54) is 0 Å². The van der Waals surface area contributed by atoms with Crippen molar-refractivity contribution in [2.75, 3.05) is 19.7 Å². The topological polar surface area (TPSA) is 66.8 Å². The van der Waals surface area contributed by atoms with Gasteiger partial charge in [0.2, 0.25) is 5.91 Å². The summed E-state index contributed by atoms with van der Waals surface area (Å²) in [7, 11) is 0. The largest absolute Gasteiger partial charge is 0.482 e. The summed E-state index contributed by atoms with van der Waals surface area (Å²) < 4.78 is 5.12. The molecule has 0 bridgehead atoms. The zero-order valence-electron chi connectivity index (χ0n) is 12.2. The molecule has 0 saturated carbocycles. The van der Waals surface area contributed by atoms with Gasteiger partial charge in [0.15, 0.2) is 6.61 Å². The second-order valence-corrected chi connectivity index (χ2v) is 5.57. The monoisotopic (exact) mass is 291 g/mol. The Bertz CT molecular complexity index is 507. The average molecular weight is 291 g/mol. The van der Waals surface area contributed by atoms with Gasteiger partial charge in [-0.2, -0.15) is 0 Å². The Labute approximate surface area is 124 Å². The van der Waals surface area contributed by atoms with Crippen LogP contribution in [0.1, 0.15) is 25.3 Å². The predicted octanol–water partition coefficient (Wildman–Crippen LogP) is 1.95. The molecule has 0 radical (unpaired) electrons. The summed E-state index contributed by atoms with van der Waals surface area (Å²) in [5, 5.41) is 8.60.